The first-order chi connectivity index (χ1) is 7.70. The van der Waals surface area contributed by atoms with Crippen molar-refractivity contribution in [2.75, 3.05) is 12.3 Å². The molecule has 0 aliphatic rings. The highest BCUT2D eigenvalue weighted by Gasteiger charge is 2.11. The number of nitrogens with two attached hydrogens (primary N) is 1. The Balaban J connectivity index is 2.35. The molecular weight excluding hydrogens is 230 g/mol. The minimum absolute atomic E-state index is 0.0194. The van der Waals surface area contributed by atoms with Gasteiger partial charge >= 0.3 is 0 Å². The van der Waals surface area contributed by atoms with Crippen molar-refractivity contribution >= 4 is 17.3 Å². The highest BCUT2D eigenvalue weighted by Crippen LogP contribution is 2.28. The standard InChI is InChI=1S/C10H10ClN3O2/c11-8-5-6(12)1-2-7(8)10-13-9(3-4-15)14-16-10/h1-2,5,15H,3-4,12H2. The molecule has 16 heavy (non-hydrogen) atoms. The maximum atomic E-state index is 8.73. The van der Waals surface area contributed by atoms with E-state index in [1.807, 2.05) is 0 Å². The molecule has 0 atom stereocenters. The van der Waals surface area contributed by atoms with Crippen LogP contribution in [0.15, 0.2) is 22.7 Å². The van der Waals surface area contributed by atoms with Gasteiger partial charge in [-0.05, 0) is 18.2 Å². The van der Waals surface area contributed by atoms with Crippen molar-refractivity contribution in [1.82, 2.24) is 10.1 Å². The van der Waals surface area contributed by atoms with E-state index in [0.717, 1.165) is 0 Å². The van der Waals surface area contributed by atoms with Gasteiger partial charge in [0.15, 0.2) is 5.82 Å². The van der Waals surface area contributed by atoms with Crippen LogP contribution in [0, 0.1) is 0 Å². The van der Waals surface area contributed by atoms with Crippen LogP contribution in [0.1, 0.15) is 5.82 Å². The van der Waals surface area contributed by atoms with Crippen molar-refractivity contribution in [2.45, 2.75) is 6.42 Å². The van der Waals surface area contributed by atoms with Crippen molar-refractivity contribution in [3.63, 3.8) is 0 Å². The minimum atomic E-state index is -0.0194. The number of halogens is 1. The zero-order valence-electron chi connectivity index (χ0n) is 8.35. The summed E-state index contributed by atoms with van der Waals surface area (Å²) in [6.07, 6.45) is 0.357. The molecule has 2 rings (SSSR count). The summed E-state index contributed by atoms with van der Waals surface area (Å²) in [5, 5.41) is 12.9. The van der Waals surface area contributed by atoms with Gasteiger partial charge in [-0.1, -0.05) is 16.8 Å². The van der Waals surface area contributed by atoms with Gasteiger partial charge in [0.05, 0.1) is 17.2 Å². The lowest BCUT2D eigenvalue weighted by molar-refractivity contribution is 0.293. The number of aliphatic hydroxyl groups is 1. The second-order valence-corrected chi connectivity index (χ2v) is 3.64. The van der Waals surface area contributed by atoms with E-state index in [4.69, 9.17) is 27.0 Å². The summed E-state index contributed by atoms with van der Waals surface area (Å²) in [7, 11) is 0. The van der Waals surface area contributed by atoms with E-state index in [2.05, 4.69) is 10.1 Å². The molecule has 0 spiro atoms. The van der Waals surface area contributed by atoms with Crippen LogP contribution in [0.3, 0.4) is 0 Å². The first-order valence-electron chi connectivity index (χ1n) is 4.69. The number of aliphatic hydroxyl groups excluding tert-OH is 1. The van der Waals surface area contributed by atoms with Crippen LogP contribution < -0.4 is 5.73 Å². The largest absolute Gasteiger partial charge is 0.399 e. The zero-order valence-corrected chi connectivity index (χ0v) is 9.11. The van der Waals surface area contributed by atoms with Gasteiger partial charge in [-0.25, -0.2) is 0 Å². The van der Waals surface area contributed by atoms with E-state index in [9.17, 15) is 0 Å². The number of nitrogen functional groups attached to an aromatic ring is 1. The highest BCUT2D eigenvalue weighted by atomic mass is 35.5. The average Bonchev–Trinajstić information content (AvgIpc) is 2.67. The molecular formula is C10H10ClN3O2. The number of hydrogen-bond acceptors (Lipinski definition) is 5. The molecule has 1 aromatic carbocycles. The molecule has 3 N–H and O–H groups in total. The molecule has 1 aromatic heterocycles. The third kappa shape index (κ3) is 2.15. The van der Waals surface area contributed by atoms with E-state index in [-0.39, 0.29) is 6.61 Å². The lowest BCUT2D eigenvalue weighted by Crippen LogP contribution is -1.92. The summed E-state index contributed by atoms with van der Waals surface area (Å²) in [4.78, 5) is 4.10. The second kappa shape index (κ2) is 4.51. The Morgan fingerprint density at radius 3 is 2.94 bits per heavy atom. The molecule has 5 nitrogen and oxygen atoms in total. The van der Waals surface area contributed by atoms with Crippen molar-refractivity contribution in [2.24, 2.45) is 0 Å². The molecule has 0 bridgehead atoms. The van der Waals surface area contributed by atoms with Crippen LogP contribution in [-0.4, -0.2) is 21.9 Å². The molecule has 2 aromatic rings. The topological polar surface area (TPSA) is 85.2 Å². The van der Waals surface area contributed by atoms with Crippen LogP contribution >= 0.6 is 11.6 Å². The Hall–Kier alpha value is -1.59. The fourth-order valence-corrected chi connectivity index (χ4v) is 1.54. The lowest BCUT2D eigenvalue weighted by atomic mass is 10.2. The van der Waals surface area contributed by atoms with Gasteiger partial charge in [0, 0.05) is 12.1 Å². The van der Waals surface area contributed by atoms with Gasteiger partial charge < -0.3 is 15.4 Å². The zero-order chi connectivity index (χ0) is 11.5. The van der Waals surface area contributed by atoms with Gasteiger partial charge in [-0.15, -0.1) is 0 Å². The summed E-state index contributed by atoms with van der Waals surface area (Å²) in [6, 6.07) is 5.04. The second-order valence-electron chi connectivity index (χ2n) is 3.23. The van der Waals surface area contributed by atoms with E-state index < -0.39 is 0 Å². The monoisotopic (exact) mass is 239 g/mol. The fraction of sp³-hybridized carbons (Fsp3) is 0.200. The molecule has 6 heteroatoms. The van der Waals surface area contributed by atoms with Crippen molar-refractivity contribution in [3.8, 4) is 11.5 Å². The number of aromatic nitrogens is 2. The van der Waals surface area contributed by atoms with E-state index in [1.165, 1.54) is 0 Å². The van der Waals surface area contributed by atoms with Crippen molar-refractivity contribution < 1.29 is 9.63 Å². The van der Waals surface area contributed by atoms with Crippen LogP contribution in [0.2, 0.25) is 5.02 Å². The molecule has 0 unspecified atom stereocenters. The number of hydrogen-bond donors (Lipinski definition) is 2. The summed E-state index contributed by atoms with van der Waals surface area (Å²) in [5.74, 6) is 0.777. The quantitative estimate of drug-likeness (QED) is 0.793. The Kier molecular flexibility index (Phi) is 3.07. The molecule has 84 valence electrons. The van der Waals surface area contributed by atoms with E-state index in [0.29, 0.717) is 34.4 Å². The van der Waals surface area contributed by atoms with Gasteiger partial charge in [-0.3, -0.25) is 0 Å². The Bertz CT molecular complexity index is 499. The first kappa shape index (κ1) is 10.9. The predicted octanol–water partition coefficient (Wildman–Crippen LogP) is 1.51. The summed E-state index contributed by atoms with van der Waals surface area (Å²) < 4.78 is 5.03. The Morgan fingerprint density at radius 2 is 2.25 bits per heavy atom. The number of nitrogens with zero attached hydrogens (tertiary/aromatic N) is 2. The van der Waals surface area contributed by atoms with E-state index in [1.54, 1.807) is 18.2 Å². The maximum absolute atomic E-state index is 8.73. The van der Waals surface area contributed by atoms with Crippen LogP contribution in [0.4, 0.5) is 5.69 Å². The molecule has 0 amide bonds. The summed E-state index contributed by atoms with van der Waals surface area (Å²) in [6.45, 7) is -0.0194. The van der Waals surface area contributed by atoms with Gasteiger partial charge in [0.1, 0.15) is 0 Å². The van der Waals surface area contributed by atoms with E-state index >= 15 is 0 Å². The molecule has 0 fully saturated rings. The third-order valence-corrected chi connectivity index (χ3v) is 2.34. The fourth-order valence-electron chi connectivity index (χ4n) is 1.27. The van der Waals surface area contributed by atoms with Crippen LogP contribution in [0.5, 0.6) is 0 Å². The van der Waals surface area contributed by atoms with Crippen molar-refractivity contribution in [1.29, 1.82) is 0 Å². The smallest absolute Gasteiger partial charge is 0.259 e. The highest BCUT2D eigenvalue weighted by molar-refractivity contribution is 6.33. The lowest BCUT2D eigenvalue weighted by Gasteiger charge is -1.99. The normalized spacial score (nSPS) is 10.6. The molecule has 0 radical (unpaired) electrons. The third-order valence-electron chi connectivity index (χ3n) is 2.03. The van der Waals surface area contributed by atoms with Crippen LogP contribution in [0.25, 0.3) is 11.5 Å². The average molecular weight is 240 g/mol. The molecule has 0 saturated heterocycles. The maximum Gasteiger partial charge on any atom is 0.259 e. The first-order valence-corrected chi connectivity index (χ1v) is 5.07. The minimum Gasteiger partial charge on any atom is -0.399 e. The summed E-state index contributed by atoms with van der Waals surface area (Å²) >= 11 is 5.99. The summed E-state index contributed by atoms with van der Waals surface area (Å²) in [5.41, 5.74) is 6.78. The van der Waals surface area contributed by atoms with Gasteiger partial charge in [0.25, 0.3) is 5.89 Å². The molecule has 1 heterocycles. The van der Waals surface area contributed by atoms with Gasteiger partial charge in [-0.2, -0.15) is 4.98 Å². The van der Waals surface area contributed by atoms with Crippen molar-refractivity contribution in [3.05, 3.63) is 29.0 Å². The van der Waals surface area contributed by atoms with Gasteiger partial charge in [0.2, 0.25) is 0 Å². The molecule has 0 aliphatic carbocycles. The Labute approximate surface area is 96.8 Å². The number of rotatable bonds is 3. The number of benzene rings is 1. The SMILES string of the molecule is Nc1ccc(-c2nc(CCO)no2)c(Cl)c1. The Morgan fingerprint density at radius 1 is 1.44 bits per heavy atom. The predicted molar refractivity (Wildman–Crippen MR) is 59.9 cm³/mol. The van der Waals surface area contributed by atoms with Crippen LogP contribution in [-0.2, 0) is 6.42 Å². The molecule has 0 aliphatic heterocycles. The number of anilines is 1. The molecule has 0 saturated carbocycles.